The first-order chi connectivity index (χ1) is 8.40. The molecule has 2 aromatic rings. The number of hydrogen-bond donors (Lipinski definition) is 1. The molecular weight excluding hydrogens is 232 g/mol. The van der Waals surface area contributed by atoms with Crippen molar-refractivity contribution in [3.8, 4) is 0 Å². The van der Waals surface area contributed by atoms with E-state index in [1.54, 1.807) is 13.0 Å². The highest BCUT2D eigenvalue weighted by Crippen LogP contribution is 2.18. The first-order valence-corrected chi connectivity index (χ1v) is 5.73. The van der Waals surface area contributed by atoms with Gasteiger partial charge in [-0.2, -0.15) is 5.10 Å². The summed E-state index contributed by atoms with van der Waals surface area (Å²) < 4.78 is 7.15. The van der Waals surface area contributed by atoms with Crippen molar-refractivity contribution in [2.75, 3.05) is 0 Å². The molecule has 18 heavy (non-hydrogen) atoms. The first-order valence-electron chi connectivity index (χ1n) is 5.73. The van der Waals surface area contributed by atoms with Crippen molar-refractivity contribution in [1.29, 1.82) is 0 Å². The van der Waals surface area contributed by atoms with Gasteiger partial charge in [0.1, 0.15) is 5.76 Å². The molecule has 0 aliphatic heterocycles. The number of carboxylic acids is 1. The van der Waals surface area contributed by atoms with Crippen LogP contribution in [-0.4, -0.2) is 20.9 Å². The van der Waals surface area contributed by atoms with Gasteiger partial charge in [0.25, 0.3) is 0 Å². The molecule has 2 heterocycles. The molecule has 0 aliphatic carbocycles. The molecule has 0 radical (unpaired) electrons. The predicted octanol–water partition coefficient (Wildman–Crippen LogP) is 2.46. The summed E-state index contributed by atoms with van der Waals surface area (Å²) >= 11 is 0. The van der Waals surface area contributed by atoms with Gasteiger partial charge in [0, 0.05) is 11.3 Å². The second-order valence-corrected chi connectivity index (χ2v) is 4.48. The third-order valence-electron chi connectivity index (χ3n) is 3.21. The molecule has 0 spiro atoms. The summed E-state index contributed by atoms with van der Waals surface area (Å²) in [7, 11) is 0. The Morgan fingerprint density at radius 1 is 1.39 bits per heavy atom. The molecule has 0 aliphatic rings. The maximum absolute atomic E-state index is 10.9. The molecule has 1 N–H and O–H groups in total. The predicted molar refractivity (Wildman–Crippen MR) is 65.9 cm³/mol. The number of carbonyl (C=O) groups is 1. The van der Waals surface area contributed by atoms with Gasteiger partial charge in [0.15, 0.2) is 0 Å². The highest BCUT2D eigenvalue weighted by Gasteiger charge is 2.16. The average molecular weight is 248 g/mol. The lowest BCUT2D eigenvalue weighted by Crippen LogP contribution is -2.03. The summed E-state index contributed by atoms with van der Waals surface area (Å²) in [5.74, 6) is -0.429. The smallest absolute Gasteiger partial charge is 0.372 e. The number of nitrogens with zero attached hydrogens (tertiary/aromatic N) is 2. The minimum Gasteiger partial charge on any atom is -0.475 e. The van der Waals surface area contributed by atoms with E-state index in [1.165, 1.54) is 0 Å². The summed E-state index contributed by atoms with van der Waals surface area (Å²) in [6.07, 6.45) is 0. The molecule has 0 amide bonds. The first kappa shape index (κ1) is 12.4. The molecule has 2 aromatic heterocycles. The van der Waals surface area contributed by atoms with Crippen LogP contribution >= 0.6 is 0 Å². The number of aromatic nitrogens is 2. The third kappa shape index (κ3) is 2.03. The van der Waals surface area contributed by atoms with E-state index in [9.17, 15) is 4.79 Å². The standard InChI is InChI=1S/C13H16N2O3/c1-7-5-11(18-12(7)13(16)17)6-15-10(4)8(2)9(3)14-15/h5H,6H2,1-4H3,(H,16,17). The van der Waals surface area contributed by atoms with Crippen molar-refractivity contribution >= 4 is 5.97 Å². The molecule has 5 nitrogen and oxygen atoms in total. The Bertz CT molecular complexity index is 608. The minimum absolute atomic E-state index is 0.00301. The summed E-state index contributed by atoms with van der Waals surface area (Å²) in [6.45, 7) is 8.14. The van der Waals surface area contributed by atoms with E-state index in [0.29, 0.717) is 17.9 Å². The highest BCUT2D eigenvalue weighted by atomic mass is 16.4. The van der Waals surface area contributed by atoms with Crippen LogP contribution in [0.4, 0.5) is 0 Å². The Balaban J connectivity index is 2.31. The van der Waals surface area contributed by atoms with E-state index < -0.39 is 5.97 Å². The van der Waals surface area contributed by atoms with Crippen LogP contribution in [0, 0.1) is 27.7 Å². The Kier molecular flexibility index (Phi) is 2.98. The van der Waals surface area contributed by atoms with Gasteiger partial charge in [-0.15, -0.1) is 0 Å². The summed E-state index contributed by atoms with van der Waals surface area (Å²) in [4.78, 5) is 10.9. The van der Waals surface area contributed by atoms with Crippen LogP contribution in [-0.2, 0) is 6.54 Å². The second-order valence-electron chi connectivity index (χ2n) is 4.48. The number of aryl methyl sites for hydroxylation is 2. The quantitative estimate of drug-likeness (QED) is 0.905. The number of carboxylic acid groups (broad SMARTS) is 1. The summed E-state index contributed by atoms with van der Waals surface area (Å²) in [6, 6.07) is 1.75. The zero-order chi connectivity index (χ0) is 13.4. The van der Waals surface area contributed by atoms with Gasteiger partial charge in [-0.05, 0) is 39.3 Å². The van der Waals surface area contributed by atoms with Crippen molar-refractivity contribution in [3.63, 3.8) is 0 Å². The molecule has 0 fully saturated rings. The Hall–Kier alpha value is -2.04. The molecule has 0 aromatic carbocycles. The molecular formula is C13H16N2O3. The van der Waals surface area contributed by atoms with Crippen molar-refractivity contribution in [1.82, 2.24) is 9.78 Å². The SMILES string of the molecule is Cc1cc(Cn2nc(C)c(C)c2C)oc1C(=O)O. The third-order valence-corrected chi connectivity index (χ3v) is 3.21. The molecule has 0 saturated carbocycles. The topological polar surface area (TPSA) is 68.3 Å². The van der Waals surface area contributed by atoms with E-state index >= 15 is 0 Å². The molecule has 5 heteroatoms. The van der Waals surface area contributed by atoms with Crippen LogP contribution in [0.2, 0.25) is 0 Å². The molecule has 96 valence electrons. The fourth-order valence-electron chi connectivity index (χ4n) is 1.93. The summed E-state index contributed by atoms with van der Waals surface area (Å²) in [5, 5.41) is 13.3. The lowest BCUT2D eigenvalue weighted by Gasteiger charge is -2.01. The maximum Gasteiger partial charge on any atom is 0.372 e. The molecule has 0 saturated heterocycles. The average Bonchev–Trinajstić information content (AvgIpc) is 2.76. The van der Waals surface area contributed by atoms with Gasteiger partial charge in [0.2, 0.25) is 5.76 Å². The zero-order valence-corrected chi connectivity index (χ0v) is 10.9. The van der Waals surface area contributed by atoms with Gasteiger partial charge in [-0.25, -0.2) is 4.79 Å². The van der Waals surface area contributed by atoms with Crippen molar-refractivity contribution < 1.29 is 14.3 Å². The second kappa shape index (κ2) is 4.33. The van der Waals surface area contributed by atoms with Crippen LogP contribution in [0.5, 0.6) is 0 Å². The van der Waals surface area contributed by atoms with E-state index in [1.807, 2.05) is 25.5 Å². The van der Waals surface area contributed by atoms with Gasteiger partial charge in [0.05, 0.1) is 12.2 Å². The van der Waals surface area contributed by atoms with E-state index in [-0.39, 0.29) is 5.76 Å². The minimum atomic E-state index is -1.04. The molecule has 2 rings (SSSR count). The normalized spacial score (nSPS) is 10.9. The van der Waals surface area contributed by atoms with Crippen LogP contribution in [0.1, 0.15) is 38.8 Å². The summed E-state index contributed by atoms with van der Waals surface area (Å²) in [5.41, 5.74) is 3.83. The molecule has 0 atom stereocenters. The van der Waals surface area contributed by atoms with Gasteiger partial charge >= 0.3 is 5.97 Å². The van der Waals surface area contributed by atoms with Crippen LogP contribution in [0.3, 0.4) is 0 Å². The zero-order valence-electron chi connectivity index (χ0n) is 10.9. The highest BCUT2D eigenvalue weighted by molar-refractivity contribution is 5.86. The number of hydrogen-bond acceptors (Lipinski definition) is 3. The lowest BCUT2D eigenvalue weighted by molar-refractivity contribution is 0.0659. The Morgan fingerprint density at radius 3 is 2.50 bits per heavy atom. The van der Waals surface area contributed by atoms with Gasteiger partial charge < -0.3 is 9.52 Å². The van der Waals surface area contributed by atoms with Crippen molar-refractivity contribution in [2.45, 2.75) is 34.2 Å². The monoisotopic (exact) mass is 248 g/mol. The van der Waals surface area contributed by atoms with Crippen molar-refractivity contribution in [2.24, 2.45) is 0 Å². The molecule has 0 bridgehead atoms. The Morgan fingerprint density at radius 2 is 2.06 bits per heavy atom. The van der Waals surface area contributed by atoms with Crippen LogP contribution in [0.15, 0.2) is 10.5 Å². The fraction of sp³-hybridized carbons (Fsp3) is 0.385. The number of rotatable bonds is 3. The van der Waals surface area contributed by atoms with Gasteiger partial charge in [-0.3, -0.25) is 4.68 Å². The van der Waals surface area contributed by atoms with E-state index in [2.05, 4.69) is 5.10 Å². The van der Waals surface area contributed by atoms with Crippen LogP contribution in [0.25, 0.3) is 0 Å². The van der Waals surface area contributed by atoms with E-state index in [0.717, 1.165) is 17.0 Å². The van der Waals surface area contributed by atoms with Crippen LogP contribution < -0.4 is 0 Å². The maximum atomic E-state index is 10.9. The fourth-order valence-corrected chi connectivity index (χ4v) is 1.93. The largest absolute Gasteiger partial charge is 0.475 e. The van der Waals surface area contributed by atoms with E-state index in [4.69, 9.17) is 9.52 Å². The van der Waals surface area contributed by atoms with Gasteiger partial charge in [-0.1, -0.05) is 0 Å². The Labute approximate surface area is 105 Å². The number of aromatic carboxylic acids is 1. The molecule has 0 unspecified atom stereocenters. The number of furan rings is 1. The lowest BCUT2D eigenvalue weighted by atomic mass is 10.2. The van der Waals surface area contributed by atoms with Crippen molar-refractivity contribution in [3.05, 3.63) is 40.1 Å².